The summed E-state index contributed by atoms with van der Waals surface area (Å²) in [6.45, 7) is 1.82. The molecule has 3 rings (SSSR count). The van der Waals surface area contributed by atoms with Gasteiger partial charge in [0.15, 0.2) is 5.69 Å². The van der Waals surface area contributed by atoms with Crippen LogP contribution in [0.2, 0.25) is 0 Å². The maximum atomic E-state index is 12.6. The second kappa shape index (κ2) is 7.62. The standard InChI is InChI=1S/C17H14F3N5O3S/c1-11-8-22-13(9-21-11)10-23-16(26)15-6-7-25(24-15)29(27,28)14-4-2-12(3-5-14)17(18,19)20/h2-9H,10H2,1H3,(H,23,26). The highest BCUT2D eigenvalue weighted by molar-refractivity contribution is 7.89. The summed E-state index contributed by atoms with van der Waals surface area (Å²) < 4.78 is 63.4. The molecule has 0 aliphatic heterocycles. The van der Waals surface area contributed by atoms with Crippen molar-refractivity contribution >= 4 is 15.9 Å². The lowest BCUT2D eigenvalue weighted by atomic mass is 10.2. The summed E-state index contributed by atoms with van der Waals surface area (Å²) in [7, 11) is -4.25. The van der Waals surface area contributed by atoms with Crippen LogP contribution in [0.4, 0.5) is 13.2 Å². The highest BCUT2D eigenvalue weighted by atomic mass is 32.2. The molecule has 1 amide bonds. The summed E-state index contributed by atoms with van der Waals surface area (Å²) >= 11 is 0. The minimum Gasteiger partial charge on any atom is -0.345 e. The molecule has 1 aromatic carbocycles. The minimum absolute atomic E-state index is 0.0601. The molecule has 0 saturated heterocycles. The van der Waals surface area contributed by atoms with E-state index in [-0.39, 0.29) is 12.2 Å². The zero-order valence-electron chi connectivity index (χ0n) is 14.9. The third-order valence-corrected chi connectivity index (χ3v) is 5.35. The molecule has 0 bridgehead atoms. The Labute approximate surface area is 163 Å². The van der Waals surface area contributed by atoms with Gasteiger partial charge in [-0.3, -0.25) is 14.8 Å². The summed E-state index contributed by atoms with van der Waals surface area (Å²) in [6.07, 6.45) is -0.523. The van der Waals surface area contributed by atoms with Crippen molar-refractivity contribution in [1.82, 2.24) is 24.5 Å². The van der Waals surface area contributed by atoms with Gasteiger partial charge in [0.25, 0.3) is 15.9 Å². The molecule has 3 aromatic rings. The van der Waals surface area contributed by atoms with Gasteiger partial charge in [-0.25, -0.2) is 0 Å². The van der Waals surface area contributed by atoms with E-state index in [1.165, 1.54) is 18.5 Å². The van der Waals surface area contributed by atoms with E-state index in [9.17, 15) is 26.4 Å². The summed E-state index contributed by atoms with van der Waals surface area (Å²) in [4.78, 5) is 19.9. The monoisotopic (exact) mass is 425 g/mol. The first-order valence-corrected chi connectivity index (χ1v) is 9.55. The number of aromatic nitrogens is 4. The van der Waals surface area contributed by atoms with Crippen LogP contribution < -0.4 is 5.32 Å². The highest BCUT2D eigenvalue weighted by Gasteiger charge is 2.31. The first-order valence-electron chi connectivity index (χ1n) is 8.11. The van der Waals surface area contributed by atoms with Crippen LogP contribution in [0, 0.1) is 6.92 Å². The minimum atomic E-state index is -4.58. The lowest BCUT2D eigenvalue weighted by Crippen LogP contribution is -2.24. The van der Waals surface area contributed by atoms with Gasteiger partial charge in [-0.1, -0.05) is 0 Å². The first kappa shape index (κ1) is 20.5. The Morgan fingerprint density at radius 1 is 1.10 bits per heavy atom. The fourth-order valence-electron chi connectivity index (χ4n) is 2.26. The zero-order chi connectivity index (χ0) is 21.2. The average molecular weight is 425 g/mol. The quantitative estimate of drug-likeness (QED) is 0.672. The van der Waals surface area contributed by atoms with Crippen molar-refractivity contribution in [3.05, 3.63) is 71.6 Å². The topological polar surface area (TPSA) is 107 Å². The molecule has 1 N–H and O–H groups in total. The number of halogens is 3. The lowest BCUT2D eigenvalue weighted by molar-refractivity contribution is -0.137. The predicted octanol–water partition coefficient (Wildman–Crippen LogP) is 2.17. The number of nitrogens with one attached hydrogen (secondary N) is 1. The number of rotatable bonds is 5. The van der Waals surface area contributed by atoms with Crippen molar-refractivity contribution in [3.63, 3.8) is 0 Å². The second-order valence-corrected chi connectivity index (χ2v) is 7.73. The smallest absolute Gasteiger partial charge is 0.345 e. The van der Waals surface area contributed by atoms with Crippen molar-refractivity contribution in [3.8, 4) is 0 Å². The molecule has 0 radical (unpaired) electrons. The molecule has 2 aromatic heterocycles. The third-order valence-electron chi connectivity index (χ3n) is 3.79. The summed E-state index contributed by atoms with van der Waals surface area (Å²) in [5.41, 5.74) is 0.0600. The fourth-order valence-corrected chi connectivity index (χ4v) is 3.37. The third kappa shape index (κ3) is 4.59. The molecule has 8 nitrogen and oxygen atoms in total. The number of hydrogen-bond donors (Lipinski definition) is 1. The maximum Gasteiger partial charge on any atom is 0.416 e. The number of aryl methyl sites for hydroxylation is 1. The zero-order valence-corrected chi connectivity index (χ0v) is 15.7. The first-order chi connectivity index (χ1) is 13.6. The Kier molecular flexibility index (Phi) is 5.38. The molecule has 0 unspecified atom stereocenters. The van der Waals surface area contributed by atoms with Gasteiger partial charge in [0, 0.05) is 12.4 Å². The van der Waals surface area contributed by atoms with Crippen molar-refractivity contribution in [1.29, 1.82) is 0 Å². The van der Waals surface area contributed by atoms with Crippen LogP contribution in [0.3, 0.4) is 0 Å². The summed E-state index contributed by atoms with van der Waals surface area (Å²) in [5, 5.41) is 6.24. The van der Waals surface area contributed by atoms with E-state index in [1.54, 1.807) is 6.92 Å². The van der Waals surface area contributed by atoms with Gasteiger partial charge in [0.1, 0.15) is 0 Å². The molecular formula is C17H14F3N5O3S. The number of benzene rings is 1. The van der Waals surface area contributed by atoms with Gasteiger partial charge in [-0.2, -0.15) is 30.8 Å². The van der Waals surface area contributed by atoms with Gasteiger partial charge < -0.3 is 5.32 Å². The van der Waals surface area contributed by atoms with Crippen molar-refractivity contribution in [2.75, 3.05) is 0 Å². The van der Waals surface area contributed by atoms with Crippen molar-refractivity contribution in [2.24, 2.45) is 0 Å². The molecule has 0 saturated carbocycles. The SMILES string of the molecule is Cc1cnc(CNC(=O)c2ccn(S(=O)(=O)c3ccc(C(F)(F)F)cc3)n2)cn1. The van der Waals surface area contributed by atoms with E-state index in [0.29, 0.717) is 27.6 Å². The van der Waals surface area contributed by atoms with E-state index in [0.717, 1.165) is 18.3 Å². The predicted molar refractivity (Wildman–Crippen MR) is 94.2 cm³/mol. The van der Waals surface area contributed by atoms with Crippen molar-refractivity contribution in [2.45, 2.75) is 24.5 Å². The highest BCUT2D eigenvalue weighted by Crippen LogP contribution is 2.29. The van der Waals surface area contributed by atoms with Gasteiger partial charge >= 0.3 is 6.18 Å². The van der Waals surface area contributed by atoms with Crippen molar-refractivity contribution < 1.29 is 26.4 Å². The van der Waals surface area contributed by atoms with Gasteiger partial charge in [-0.15, -0.1) is 0 Å². The molecule has 2 heterocycles. The van der Waals surface area contributed by atoms with Crippen LogP contribution in [-0.2, 0) is 22.7 Å². The van der Waals surface area contributed by atoms with Gasteiger partial charge in [0.05, 0.1) is 34.6 Å². The van der Waals surface area contributed by atoms with Crippen LogP contribution in [0.1, 0.15) is 27.4 Å². The normalized spacial score (nSPS) is 12.0. The van der Waals surface area contributed by atoms with Crippen LogP contribution in [0.15, 0.2) is 53.8 Å². The van der Waals surface area contributed by atoms with E-state index >= 15 is 0 Å². The Balaban J connectivity index is 1.74. The molecule has 0 aliphatic carbocycles. The van der Waals surface area contributed by atoms with Crippen LogP contribution in [0.5, 0.6) is 0 Å². The number of carbonyl (C=O) groups is 1. The molecule has 29 heavy (non-hydrogen) atoms. The molecule has 0 aliphatic rings. The molecule has 0 atom stereocenters. The van der Waals surface area contributed by atoms with E-state index in [4.69, 9.17) is 0 Å². The van der Waals surface area contributed by atoms with E-state index in [2.05, 4.69) is 20.4 Å². The lowest BCUT2D eigenvalue weighted by Gasteiger charge is -2.08. The van der Waals surface area contributed by atoms with Crippen LogP contribution in [-0.4, -0.2) is 33.5 Å². The Morgan fingerprint density at radius 2 is 1.79 bits per heavy atom. The molecule has 12 heteroatoms. The summed E-state index contributed by atoms with van der Waals surface area (Å²) in [5.74, 6) is -0.645. The number of amides is 1. The maximum absolute atomic E-state index is 12.6. The molecular weight excluding hydrogens is 411 g/mol. The number of nitrogens with zero attached hydrogens (tertiary/aromatic N) is 4. The van der Waals surface area contributed by atoms with Gasteiger partial charge in [0.2, 0.25) is 0 Å². The Bertz CT molecular complexity index is 1120. The Morgan fingerprint density at radius 3 is 2.38 bits per heavy atom. The number of carbonyl (C=O) groups excluding carboxylic acids is 1. The molecule has 0 spiro atoms. The largest absolute Gasteiger partial charge is 0.416 e. The summed E-state index contributed by atoms with van der Waals surface area (Å²) in [6, 6.07) is 4.16. The second-order valence-electron chi connectivity index (χ2n) is 5.93. The van der Waals surface area contributed by atoms with E-state index in [1.807, 2.05) is 0 Å². The van der Waals surface area contributed by atoms with Gasteiger partial charge in [-0.05, 0) is 37.3 Å². The number of hydrogen-bond acceptors (Lipinski definition) is 6. The molecule has 0 fully saturated rings. The average Bonchev–Trinajstić information content (AvgIpc) is 3.18. The van der Waals surface area contributed by atoms with Crippen LogP contribution in [0.25, 0.3) is 0 Å². The Hall–Kier alpha value is -3.28. The fraction of sp³-hybridized carbons (Fsp3) is 0.176. The van der Waals surface area contributed by atoms with E-state index < -0.39 is 32.6 Å². The molecule has 152 valence electrons. The van der Waals surface area contributed by atoms with Crippen LogP contribution >= 0.6 is 0 Å². The number of alkyl halides is 3.